The number of hydrogen-bond acceptors (Lipinski definition) is 3. The summed E-state index contributed by atoms with van der Waals surface area (Å²) in [4.78, 5) is 29.6. The summed E-state index contributed by atoms with van der Waals surface area (Å²) in [5, 5.41) is 13.0. The minimum absolute atomic E-state index is 0.386. The van der Waals surface area contributed by atoms with Crippen LogP contribution in [0.25, 0.3) is 22.2 Å². The second-order valence-corrected chi connectivity index (χ2v) is 6.59. The van der Waals surface area contributed by atoms with Crippen molar-refractivity contribution in [2.45, 2.75) is 6.04 Å². The van der Waals surface area contributed by atoms with Gasteiger partial charge in [0.05, 0.1) is 16.8 Å². The van der Waals surface area contributed by atoms with Gasteiger partial charge in [0.1, 0.15) is 0 Å². The third kappa shape index (κ3) is 3.84. The van der Waals surface area contributed by atoms with E-state index in [0.717, 1.165) is 5.56 Å². The second-order valence-electron chi connectivity index (χ2n) is 6.59. The van der Waals surface area contributed by atoms with Crippen molar-refractivity contribution in [3.05, 3.63) is 102 Å². The highest BCUT2D eigenvalue weighted by molar-refractivity contribution is 6.08. The summed E-state index contributed by atoms with van der Waals surface area (Å²) in [5.74, 6) is -1.58. The zero-order valence-electron chi connectivity index (χ0n) is 15.4. The summed E-state index contributed by atoms with van der Waals surface area (Å²) < 4.78 is 0. The number of rotatable bonds is 5. The van der Waals surface area contributed by atoms with E-state index >= 15 is 0 Å². The lowest BCUT2D eigenvalue weighted by atomic mass is 10.0. The minimum atomic E-state index is -1.14. The highest BCUT2D eigenvalue weighted by Gasteiger charge is 2.24. The molecule has 0 aliphatic heterocycles. The van der Waals surface area contributed by atoms with Crippen LogP contribution in [-0.4, -0.2) is 22.0 Å². The van der Waals surface area contributed by atoms with Gasteiger partial charge in [0.15, 0.2) is 6.04 Å². The Kier molecular flexibility index (Phi) is 5.03. The minimum Gasteiger partial charge on any atom is -0.479 e. The molecule has 0 aliphatic carbocycles. The third-order valence-electron chi connectivity index (χ3n) is 4.69. The number of hydrogen-bond donors (Lipinski definition) is 2. The SMILES string of the molecule is O=C(N[C@@H](C(=O)O)c1ccccc1)c1cc(-c2ccccc2)nc2ccccc12. The number of nitrogens with zero attached hydrogens (tertiary/aromatic N) is 1. The van der Waals surface area contributed by atoms with Crippen LogP contribution in [0.3, 0.4) is 0 Å². The lowest BCUT2D eigenvalue weighted by Crippen LogP contribution is -2.33. The third-order valence-corrected chi connectivity index (χ3v) is 4.69. The van der Waals surface area contributed by atoms with Gasteiger partial charge in [0, 0.05) is 10.9 Å². The Balaban J connectivity index is 1.78. The quantitative estimate of drug-likeness (QED) is 0.534. The summed E-state index contributed by atoms with van der Waals surface area (Å²) in [5.41, 5.74) is 3.10. The van der Waals surface area contributed by atoms with E-state index in [4.69, 9.17) is 0 Å². The average Bonchev–Trinajstić information content (AvgIpc) is 2.77. The Bertz CT molecular complexity index is 1170. The van der Waals surface area contributed by atoms with Gasteiger partial charge in [-0.15, -0.1) is 0 Å². The fourth-order valence-corrected chi connectivity index (χ4v) is 3.26. The van der Waals surface area contributed by atoms with Crippen LogP contribution in [-0.2, 0) is 4.79 Å². The molecule has 142 valence electrons. The topological polar surface area (TPSA) is 79.3 Å². The van der Waals surface area contributed by atoms with Crippen molar-refractivity contribution in [1.29, 1.82) is 0 Å². The van der Waals surface area contributed by atoms with Crippen LogP contribution < -0.4 is 5.32 Å². The van der Waals surface area contributed by atoms with E-state index in [1.165, 1.54) is 0 Å². The van der Waals surface area contributed by atoms with Gasteiger partial charge in [-0.25, -0.2) is 9.78 Å². The lowest BCUT2D eigenvalue weighted by molar-refractivity contribution is -0.139. The van der Waals surface area contributed by atoms with E-state index in [-0.39, 0.29) is 0 Å². The van der Waals surface area contributed by atoms with Crippen LogP contribution in [0.5, 0.6) is 0 Å². The maximum absolute atomic E-state index is 13.1. The lowest BCUT2D eigenvalue weighted by Gasteiger charge is -2.16. The highest BCUT2D eigenvalue weighted by atomic mass is 16.4. The monoisotopic (exact) mass is 382 g/mol. The maximum Gasteiger partial charge on any atom is 0.330 e. The number of para-hydroxylation sites is 1. The number of carboxylic acid groups (broad SMARTS) is 1. The normalized spacial score (nSPS) is 11.7. The van der Waals surface area contributed by atoms with Crippen molar-refractivity contribution in [1.82, 2.24) is 10.3 Å². The number of aliphatic carboxylic acids is 1. The Labute approximate surface area is 167 Å². The molecule has 1 aromatic heterocycles. The van der Waals surface area contributed by atoms with Crippen molar-refractivity contribution in [2.24, 2.45) is 0 Å². The van der Waals surface area contributed by atoms with Crippen molar-refractivity contribution in [3.8, 4) is 11.3 Å². The average molecular weight is 382 g/mol. The van der Waals surface area contributed by atoms with Gasteiger partial charge in [0.2, 0.25) is 0 Å². The number of benzene rings is 3. The van der Waals surface area contributed by atoms with Gasteiger partial charge in [-0.3, -0.25) is 4.79 Å². The molecule has 0 spiro atoms. The van der Waals surface area contributed by atoms with Gasteiger partial charge >= 0.3 is 5.97 Å². The number of pyridine rings is 1. The Hall–Kier alpha value is -3.99. The fraction of sp³-hybridized carbons (Fsp3) is 0.0417. The van der Waals surface area contributed by atoms with Crippen molar-refractivity contribution >= 4 is 22.8 Å². The van der Waals surface area contributed by atoms with Crippen LogP contribution >= 0.6 is 0 Å². The van der Waals surface area contributed by atoms with Gasteiger partial charge in [-0.2, -0.15) is 0 Å². The number of carbonyl (C=O) groups excluding carboxylic acids is 1. The molecule has 3 aromatic carbocycles. The van der Waals surface area contributed by atoms with Crippen LogP contribution in [0, 0.1) is 0 Å². The standard InChI is InChI=1S/C24H18N2O3/c27-23(26-22(24(28)29)17-11-5-2-6-12-17)19-15-21(16-9-3-1-4-10-16)25-20-14-8-7-13-18(19)20/h1-15,22H,(H,26,27)(H,28,29)/t22-/m1/s1. The van der Waals surface area contributed by atoms with Gasteiger partial charge in [-0.1, -0.05) is 78.9 Å². The molecule has 1 heterocycles. The molecule has 2 N–H and O–H groups in total. The molecule has 29 heavy (non-hydrogen) atoms. The molecular formula is C24H18N2O3. The molecule has 5 nitrogen and oxygen atoms in total. The van der Waals surface area contributed by atoms with Crippen molar-refractivity contribution < 1.29 is 14.7 Å². The molecule has 0 fully saturated rings. The Morgan fingerprint density at radius 3 is 2.14 bits per heavy atom. The molecule has 4 rings (SSSR count). The molecule has 0 radical (unpaired) electrons. The number of aromatic nitrogens is 1. The van der Waals surface area contributed by atoms with E-state index in [1.54, 1.807) is 36.4 Å². The van der Waals surface area contributed by atoms with E-state index < -0.39 is 17.9 Å². The van der Waals surface area contributed by atoms with E-state index in [0.29, 0.717) is 27.7 Å². The molecule has 1 amide bonds. The predicted molar refractivity (Wildman–Crippen MR) is 111 cm³/mol. The molecule has 1 atom stereocenters. The first-order chi connectivity index (χ1) is 14.1. The summed E-state index contributed by atoms with van der Waals surface area (Å²) in [6.45, 7) is 0. The predicted octanol–water partition coefficient (Wildman–Crippen LogP) is 4.46. The first kappa shape index (κ1) is 18.4. The Morgan fingerprint density at radius 1 is 0.828 bits per heavy atom. The van der Waals surface area contributed by atoms with E-state index in [9.17, 15) is 14.7 Å². The number of fused-ring (bicyclic) bond motifs is 1. The highest BCUT2D eigenvalue weighted by Crippen LogP contribution is 2.25. The van der Waals surface area contributed by atoms with E-state index in [2.05, 4.69) is 10.3 Å². The summed E-state index contributed by atoms with van der Waals surface area (Å²) in [6, 6.07) is 26.1. The molecule has 0 saturated carbocycles. The van der Waals surface area contributed by atoms with Crippen molar-refractivity contribution in [2.75, 3.05) is 0 Å². The van der Waals surface area contributed by atoms with Crippen LogP contribution in [0.4, 0.5) is 0 Å². The number of carboxylic acids is 1. The van der Waals surface area contributed by atoms with Gasteiger partial charge in [-0.05, 0) is 17.7 Å². The summed E-state index contributed by atoms with van der Waals surface area (Å²) in [7, 11) is 0. The molecule has 4 aromatic rings. The van der Waals surface area contributed by atoms with Gasteiger partial charge in [0.25, 0.3) is 5.91 Å². The van der Waals surface area contributed by atoms with Crippen LogP contribution in [0.15, 0.2) is 91.0 Å². The zero-order valence-corrected chi connectivity index (χ0v) is 15.4. The first-order valence-corrected chi connectivity index (χ1v) is 9.17. The molecule has 0 aliphatic rings. The zero-order chi connectivity index (χ0) is 20.2. The van der Waals surface area contributed by atoms with E-state index in [1.807, 2.05) is 54.6 Å². The van der Waals surface area contributed by atoms with Crippen LogP contribution in [0.2, 0.25) is 0 Å². The second kappa shape index (κ2) is 7.94. The molecule has 5 heteroatoms. The van der Waals surface area contributed by atoms with Crippen LogP contribution in [0.1, 0.15) is 22.0 Å². The molecular weight excluding hydrogens is 364 g/mol. The molecule has 0 saturated heterocycles. The fourth-order valence-electron chi connectivity index (χ4n) is 3.26. The van der Waals surface area contributed by atoms with Gasteiger partial charge < -0.3 is 10.4 Å². The largest absolute Gasteiger partial charge is 0.479 e. The Morgan fingerprint density at radius 2 is 1.45 bits per heavy atom. The van der Waals surface area contributed by atoms with Crippen molar-refractivity contribution in [3.63, 3.8) is 0 Å². The summed E-state index contributed by atoms with van der Waals surface area (Å²) in [6.07, 6.45) is 0. The summed E-state index contributed by atoms with van der Waals surface area (Å²) >= 11 is 0. The molecule has 0 bridgehead atoms. The smallest absolute Gasteiger partial charge is 0.330 e. The number of nitrogens with one attached hydrogen (secondary N) is 1. The first-order valence-electron chi connectivity index (χ1n) is 9.17. The maximum atomic E-state index is 13.1. The number of amides is 1. The number of carbonyl (C=O) groups is 2. The molecule has 0 unspecified atom stereocenters.